The highest BCUT2D eigenvalue weighted by Crippen LogP contribution is 2.37. The standard InChI is InChI=1S/C13H11Cl2FS/c1-7-5-9(10(14)6-11(7)16)13(15)12-4-3-8(2)17-12/h3-6,13H,1-2H3. The molecule has 0 fully saturated rings. The van der Waals surface area contributed by atoms with E-state index in [9.17, 15) is 4.39 Å². The Hall–Kier alpha value is -0.570. The quantitative estimate of drug-likeness (QED) is 0.642. The molecule has 0 spiro atoms. The minimum absolute atomic E-state index is 0.301. The van der Waals surface area contributed by atoms with Gasteiger partial charge >= 0.3 is 0 Å². The summed E-state index contributed by atoms with van der Waals surface area (Å²) in [4.78, 5) is 2.22. The van der Waals surface area contributed by atoms with Crippen molar-refractivity contribution in [3.8, 4) is 0 Å². The molecule has 90 valence electrons. The van der Waals surface area contributed by atoms with E-state index >= 15 is 0 Å². The normalized spacial score (nSPS) is 12.8. The third kappa shape index (κ3) is 2.65. The lowest BCUT2D eigenvalue weighted by molar-refractivity contribution is 0.618. The minimum atomic E-state index is -0.319. The molecule has 0 aliphatic rings. The smallest absolute Gasteiger partial charge is 0.127 e. The second kappa shape index (κ2) is 4.97. The van der Waals surface area contributed by atoms with Crippen LogP contribution in [-0.4, -0.2) is 0 Å². The lowest BCUT2D eigenvalue weighted by Crippen LogP contribution is -1.94. The summed E-state index contributed by atoms with van der Waals surface area (Å²) in [5, 5.41) is 0.0552. The van der Waals surface area contributed by atoms with Gasteiger partial charge in [0.2, 0.25) is 0 Å². The predicted molar refractivity (Wildman–Crippen MR) is 72.9 cm³/mol. The molecule has 1 heterocycles. The van der Waals surface area contributed by atoms with E-state index < -0.39 is 0 Å². The van der Waals surface area contributed by atoms with Gasteiger partial charge in [-0.05, 0) is 49.2 Å². The van der Waals surface area contributed by atoms with Crippen LogP contribution in [0.1, 0.15) is 26.3 Å². The summed E-state index contributed by atoms with van der Waals surface area (Å²) in [6, 6.07) is 7.03. The highest BCUT2D eigenvalue weighted by Gasteiger charge is 2.17. The Balaban J connectivity index is 2.43. The van der Waals surface area contributed by atoms with Crippen LogP contribution in [0.5, 0.6) is 0 Å². The van der Waals surface area contributed by atoms with Crippen LogP contribution >= 0.6 is 34.5 Å². The Morgan fingerprint density at radius 2 is 1.94 bits per heavy atom. The van der Waals surface area contributed by atoms with Crippen molar-refractivity contribution in [3.63, 3.8) is 0 Å². The Morgan fingerprint density at radius 3 is 2.53 bits per heavy atom. The first-order chi connectivity index (χ1) is 7.99. The molecule has 0 radical (unpaired) electrons. The molecule has 17 heavy (non-hydrogen) atoms. The Bertz CT molecular complexity index is 548. The topological polar surface area (TPSA) is 0 Å². The van der Waals surface area contributed by atoms with E-state index in [4.69, 9.17) is 23.2 Å². The predicted octanol–water partition coefficient (Wildman–Crippen LogP) is 5.49. The average Bonchev–Trinajstić information content (AvgIpc) is 2.69. The summed E-state index contributed by atoms with van der Waals surface area (Å²) in [5.74, 6) is -0.301. The van der Waals surface area contributed by atoms with E-state index in [-0.39, 0.29) is 11.2 Å². The van der Waals surface area contributed by atoms with Crippen LogP contribution in [0.4, 0.5) is 4.39 Å². The molecule has 0 N–H and O–H groups in total. The van der Waals surface area contributed by atoms with Gasteiger partial charge in [0, 0.05) is 14.8 Å². The van der Waals surface area contributed by atoms with Gasteiger partial charge in [-0.15, -0.1) is 22.9 Å². The van der Waals surface area contributed by atoms with Crippen LogP contribution in [0.25, 0.3) is 0 Å². The van der Waals surface area contributed by atoms with Crippen LogP contribution in [0.2, 0.25) is 5.02 Å². The number of hydrogen-bond acceptors (Lipinski definition) is 1. The van der Waals surface area contributed by atoms with E-state index in [0.29, 0.717) is 10.6 Å². The van der Waals surface area contributed by atoms with E-state index in [1.807, 2.05) is 19.1 Å². The van der Waals surface area contributed by atoms with Crippen LogP contribution in [0, 0.1) is 19.7 Å². The number of hydrogen-bond donors (Lipinski definition) is 0. The lowest BCUT2D eigenvalue weighted by atomic mass is 10.1. The molecule has 2 rings (SSSR count). The molecule has 2 aromatic rings. The van der Waals surface area contributed by atoms with Crippen LogP contribution in [-0.2, 0) is 0 Å². The molecule has 0 saturated carbocycles. The van der Waals surface area contributed by atoms with Gasteiger partial charge in [-0.3, -0.25) is 0 Å². The van der Waals surface area contributed by atoms with Crippen molar-refractivity contribution < 1.29 is 4.39 Å². The molecule has 0 amide bonds. The summed E-state index contributed by atoms with van der Waals surface area (Å²) in [5.41, 5.74) is 1.32. The molecular weight excluding hydrogens is 278 g/mol. The van der Waals surface area contributed by atoms with E-state index in [1.165, 1.54) is 10.9 Å². The SMILES string of the molecule is Cc1ccc(C(Cl)c2cc(C)c(F)cc2Cl)s1. The zero-order valence-electron chi connectivity index (χ0n) is 9.43. The molecule has 1 unspecified atom stereocenters. The number of benzene rings is 1. The largest absolute Gasteiger partial charge is 0.207 e. The van der Waals surface area contributed by atoms with Gasteiger partial charge in [-0.25, -0.2) is 4.39 Å². The maximum absolute atomic E-state index is 13.3. The van der Waals surface area contributed by atoms with Crippen molar-refractivity contribution >= 4 is 34.5 Å². The Labute approximate surface area is 114 Å². The Morgan fingerprint density at radius 1 is 1.24 bits per heavy atom. The van der Waals surface area contributed by atoms with Gasteiger partial charge < -0.3 is 0 Å². The number of thiophene rings is 1. The summed E-state index contributed by atoms with van der Waals surface area (Å²) in [6.07, 6.45) is 0. The monoisotopic (exact) mass is 288 g/mol. The van der Waals surface area contributed by atoms with Crippen molar-refractivity contribution in [2.75, 3.05) is 0 Å². The summed E-state index contributed by atoms with van der Waals surface area (Å²) >= 11 is 14.0. The third-order valence-corrected chi connectivity index (χ3v) is 4.55. The highest BCUT2D eigenvalue weighted by molar-refractivity contribution is 7.12. The fraction of sp³-hybridized carbons (Fsp3) is 0.231. The van der Waals surface area contributed by atoms with Gasteiger partial charge in [0.1, 0.15) is 5.82 Å². The molecule has 0 aliphatic carbocycles. The van der Waals surface area contributed by atoms with Gasteiger partial charge in [0.05, 0.1) is 5.38 Å². The lowest BCUT2D eigenvalue weighted by Gasteiger charge is -2.11. The Kier molecular flexibility index (Phi) is 3.76. The molecule has 0 aliphatic heterocycles. The second-order valence-corrected chi connectivity index (χ2v) is 6.10. The van der Waals surface area contributed by atoms with E-state index in [2.05, 4.69) is 0 Å². The molecule has 1 aromatic carbocycles. The fourth-order valence-corrected chi connectivity index (χ4v) is 3.19. The molecule has 1 aromatic heterocycles. The number of rotatable bonds is 2. The first-order valence-corrected chi connectivity index (χ1v) is 6.78. The van der Waals surface area contributed by atoms with Crippen molar-refractivity contribution in [2.24, 2.45) is 0 Å². The maximum atomic E-state index is 13.3. The third-order valence-electron chi connectivity index (χ3n) is 2.56. The summed E-state index contributed by atoms with van der Waals surface area (Å²) in [7, 11) is 0. The second-order valence-electron chi connectivity index (χ2n) is 3.93. The number of aryl methyl sites for hydroxylation is 2. The van der Waals surface area contributed by atoms with Gasteiger partial charge in [-0.1, -0.05) is 11.6 Å². The first-order valence-electron chi connectivity index (χ1n) is 5.15. The van der Waals surface area contributed by atoms with E-state index in [0.717, 1.165) is 10.4 Å². The fourth-order valence-electron chi connectivity index (χ4n) is 1.62. The maximum Gasteiger partial charge on any atom is 0.127 e. The molecule has 0 bridgehead atoms. The van der Waals surface area contributed by atoms with Crippen molar-refractivity contribution in [3.05, 3.63) is 56.0 Å². The van der Waals surface area contributed by atoms with Crippen LogP contribution in [0.15, 0.2) is 24.3 Å². The van der Waals surface area contributed by atoms with Crippen molar-refractivity contribution in [2.45, 2.75) is 19.2 Å². The molecule has 4 heteroatoms. The average molecular weight is 289 g/mol. The van der Waals surface area contributed by atoms with Gasteiger partial charge in [0.15, 0.2) is 0 Å². The molecule has 1 atom stereocenters. The molecule has 0 nitrogen and oxygen atoms in total. The molecule has 0 saturated heterocycles. The zero-order chi connectivity index (χ0) is 12.6. The number of alkyl halides is 1. The van der Waals surface area contributed by atoms with Gasteiger partial charge in [0.25, 0.3) is 0 Å². The van der Waals surface area contributed by atoms with Crippen LogP contribution in [0.3, 0.4) is 0 Å². The van der Waals surface area contributed by atoms with Gasteiger partial charge in [-0.2, -0.15) is 0 Å². The highest BCUT2D eigenvalue weighted by atomic mass is 35.5. The van der Waals surface area contributed by atoms with Crippen LogP contribution < -0.4 is 0 Å². The summed E-state index contributed by atoms with van der Waals surface area (Å²) < 4.78 is 13.3. The molecular formula is C13H11Cl2FS. The first kappa shape index (κ1) is 12.9. The zero-order valence-corrected chi connectivity index (χ0v) is 11.8. The number of halogens is 3. The van der Waals surface area contributed by atoms with E-state index in [1.54, 1.807) is 24.3 Å². The van der Waals surface area contributed by atoms with Crippen molar-refractivity contribution in [1.29, 1.82) is 0 Å². The minimum Gasteiger partial charge on any atom is -0.207 e. The summed E-state index contributed by atoms with van der Waals surface area (Å²) in [6.45, 7) is 3.73. The van der Waals surface area contributed by atoms with Crippen molar-refractivity contribution in [1.82, 2.24) is 0 Å².